The summed E-state index contributed by atoms with van der Waals surface area (Å²) in [6.07, 6.45) is 1.50. The Morgan fingerprint density at radius 1 is 0.947 bits per heavy atom. The second-order valence-corrected chi connectivity index (χ2v) is 4.32. The van der Waals surface area contributed by atoms with E-state index in [9.17, 15) is 4.79 Å². The van der Waals surface area contributed by atoms with Crippen LogP contribution in [0.15, 0.2) is 60.7 Å². The molecular weight excluding hydrogens is 238 g/mol. The Morgan fingerprint density at radius 2 is 1.53 bits per heavy atom. The highest BCUT2D eigenvalue weighted by Gasteiger charge is 2.07. The lowest BCUT2D eigenvalue weighted by Crippen LogP contribution is -2.32. The summed E-state index contributed by atoms with van der Waals surface area (Å²) in [6, 6.07) is 19.4. The van der Waals surface area contributed by atoms with Gasteiger partial charge in [0.15, 0.2) is 0 Å². The molecule has 0 aliphatic carbocycles. The van der Waals surface area contributed by atoms with Gasteiger partial charge in [0.25, 0.3) is 0 Å². The molecule has 0 radical (unpaired) electrons. The molecule has 2 aromatic rings. The zero-order valence-electron chi connectivity index (χ0n) is 10.7. The van der Waals surface area contributed by atoms with Crippen molar-refractivity contribution >= 4 is 6.29 Å². The summed E-state index contributed by atoms with van der Waals surface area (Å²) < 4.78 is 0. The quantitative estimate of drug-likeness (QED) is 0.610. The summed E-state index contributed by atoms with van der Waals surface area (Å²) >= 11 is 0. The van der Waals surface area contributed by atoms with E-state index in [0.717, 1.165) is 17.4 Å². The van der Waals surface area contributed by atoms with E-state index in [1.165, 1.54) is 0 Å². The van der Waals surface area contributed by atoms with Gasteiger partial charge in [-0.2, -0.15) is 5.48 Å². The molecule has 0 aliphatic rings. The smallest absolute Gasteiger partial charge is 0.139 e. The van der Waals surface area contributed by atoms with Crippen LogP contribution in [0.5, 0.6) is 0 Å². The number of hydrogen-bond donors (Lipinski definition) is 1. The van der Waals surface area contributed by atoms with Crippen molar-refractivity contribution in [1.82, 2.24) is 5.48 Å². The fourth-order valence-corrected chi connectivity index (χ4v) is 1.79. The molecule has 0 heterocycles. The minimum absolute atomic E-state index is 0.328. The molecule has 0 amide bonds. The van der Waals surface area contributed by atoms with Crippen molar-refractivity contribution < 1.29 is 9.63 Å². The van der Waals surface area contributed by atoms with E-state index in [1.807, 2.05) is 60.7 Å². The number of benzene rings is 2. The van der Waals surface area contributed by atoms with Gasteiger partial charge in [-0.05, 0) is 17.5 Å². The topological polar surface area (TPSA) is 38.3 Å². The Labute approximate surface area is 113 Å². The molecule has 0 fully saturated rings. The minimum Gasteiger partial charge on any atom is -0.302 e. The van der Waals surface area contributed by atoms with E-state index in [1.54, 1.807) is 0 Å². The third-order valence-electron chi connectivity index (χ3n) is 2.78. The van der Waals surface area contributed by atoms with Gasteiger partial charge in [0.2, 0.25) is 0 Å². The minimum atomic E-state index is -0.328. The summed E-state index contributed by atoms with van der Waals surface area (Å²) in [5, 5.41) is 0. The molecule has 19 heavy (non-hydrogen) atoms. The van der Waals surface area contributed by atoms with Gasteiger partial charge in [-0.25, -0.2) is 0 Å². The SMILES string of the molecule is O=C[C@H](Cc1ccccc1)NOCc1ccccc1. The molecule has 3 heteroatoms. The Morgan fingerprint density at radius 3 is 2.11 bits per heavy atom. The van der Waals surface area contributed by atoms with Crippen molar-refractivity contribution in [3.8, 4) is 0 Å². The molecule has 0 aromatic heterocycles. The fraction of sp³-hybridized carbons (Fsp3) is 0.188. The first-order valence-electron chi connectivity index (χ1n) is 6.29. The highest BCUT2D eigenvalue weighted by Crippen LogP contribution is 2.03. The van der Waals surface area contributed by atoms with E-state index in [-0.39, 0.29) is 6.04 Å². The predicted octanol–water partition coefficient (Wildman–Crippen LogP) is 2.52. The highest BCUT2D eigenvalue weighted by atomic mass is 16.6. The maximum Gasteiger partial charge on any atom is 0.139 e. The van der Waals surface area contributed by atoms with Gasteiger partial charge in [0.05, 0.1) is 12.6 Å². The van der Waals surface area contributed by atoms with Gasteiger partial charge in [-0.15, -0.1) is 0 Å². The van der Waals surface area contributed by atoms with Crippen molar-refractivity contribution in [1.29, 1.82) is 0 Å². The highest BCUT2D eigenvalue weighted by molar-refractivity contribution is 5.58. The second-order valence-electron chi connectivity index (χ2n) is 4.32. The summed E-state index contributed by atoms with van der Waals surface area (Å²) in [5.41, 5.74) is 4.97. The van der Waals surface area contributed by atoms with Crippen molar-refractivity contribution in [2.45, 2.75) is 19.1 Å². The first-order valence-corrected chi connectivity index (χ1v) is 6.29. The maximum absolute atomic E-state index is 11.0. The Kier molecular flexibility index (Phi) is 5.29. The van der Waals surface area contributed by atoms with E-state index >= 15 is 0 Å². The van der Waals surface area contributed by atoms with Crippen LogP contribution in [-0.2, 0) is 22.7 Å². The zero-order chi connectivity index (χ0) is 13.3. The molecular formula is C16H17NO2. The third kappa shape index (κ3) is 4.66. The molecule has 2 aromatic carbocycles. The Bertz CT molecular complexity index is 485. The number of hydrogen-bond acceptors (Lipinski definition) is 3. The van der Waals surface area contributed by atoms with Crippen LogP contribution in [-0.4, -0.2) is 12.3 Å². The van der Waals surface area contributed by atoms with Crippen LogP contribution in [0.4, 0.5) is 0 Å². The molecule has 0 saturated carbocycles. The summed E-state index contributed by atoms with van der Waals surface area (Å²) in [4.78, 5) is 16.4. The lowest BCUT2D eigenvalue weighted by atomic mass is 10.1. The lowest BCUT2D eigenvalue weighted by molar-refractivity contribution is -0.114. The maximum atomic E-state index is 11.0. The van der Waals surface area contributed by atoms with Gasteiger partial charge in [-0.3, -0.25) is 4.84 Å². The van der Waals surface area contributed by atoms with Crippen LogP contribution >= 0.6 is 0 Å². The summed E-state index contributed by atoms with van der Waals surface area (Å²) in [7, 11) is 0. The molecule has 0 unspecified atom stereocenters. The largest absolute Gasteiger partial charge is 0.302 e. The van der Waals surface area contributed by atoms with Crippen LogP contribution in [0.25, 0.3) is 0 Å². The van der Waals surface area contributed by atoms with Crippen LogP contribution in [0.2, 0.25) is 0 Å². The van der Waals surface area contributed by atoms with E-state index in [4.69, 9.17) is 4.84 Å². The predicted molar refractivity (Wildman–Crippen MR) is 74.4 cm³/mol. The average Bonchev–Trinajstić information content (AvgIpc) is 2.48. The van der Waals surface area contributed by atoms with Gasteiger partial charge in [-0.1, -0.05) is 60.7 Å². The zero-order valence-corrected chi connectivity index (χ0v) is 10.7. The first-order chi connectivity index (χ1) is 9.38. The number of rotatable bonds is 7. The van der Waals surface area contributed by atoms with Crippen molar-refractivity contribution in [3.05, 3.63) is 71.8 Å². The standard InChI is InChI=1S/C16H17NO2/c18-12-16(11-14-7-3-1-4-8-14)17-19-13-15-9-5-2-6-10-15/h1-10,12,16-17H,11,13H2/t16-/m0/s1. The normalized spacial score (nSPS) is 12.0. The van der Waals surface area contributed by atoms with Gasteiger partial charge in [0, 0.05) is 0 Å². The second kappa shape index (κ2) is 7.46. The van der Waals surface area contributed by atoms with Gasteiger partial charge in [0.1, 0.15) is 6.29 Å². The molecule has 0 saturated heterocycles. The van der Waals surface area contributed by atoms with E-state index < -0.39 is 0 Å². The van der Waals surface area contributed by atoms with Crippen molar-refractivity contribution in [2.24, 2.45) is 0 Å². The molecule has 1 atom stereocenters. The van der Waals surface area contributed by atoms with Crippen molar-refractivity contribution in [3.63, 3.8) is 0 Å². The number of nitrogens with one attached hydrogen (secondary N) is 1. The molecule has 0 spiro atoms. The first kappa shape index (κ1) is 13.5. The molecule has 3 nitrogen and oxygen atoms in total. The monoisotopic (exact) mass is 255 g/mol. The van der Waals surface area contributed by atoms with Gasteiger partial charge >= 0.3 is 0 Å². The number of aldehydes is 1. The molecule has 0 bridgehead atoms. The number of hydroxylamine groups is 1. The van der Waals surface area contributed by atoms with Crippen LogP contribution in [0.1, 0.15) is 11.1 Å². The molecule has 1 N–H and O–H groups in total. The van der Waals surface area contributed by atoms with Crippen molar-refractivity contribution in [2.75, 3.05) is 0 Å². The number of carbonyl (C=O) groups excluding carboxylic acids is 1. The van der Waals surface area contributed by atoms with E-state index in [2.05, 4.69) is 5.48 Å². The van der Waals surface area contributed by atoms with Crippen LogP contribution < -0.4 is 5.48 Å². The fourth-order valence-electron chi connectivity index (χ4n) is 1.79. The van der Waals surface area contributed by atoms with Crippen LogP contribution in [0.3, 0.4) is 0 Å². The lowest BCUT2D eigenvalue weighted by Gasteiger charge is -2.12. The Balaban J connectivity index is 1.78. The molecule has 2 rings (SSSR count). The molecule has 0 aliphatic heterocycles. The summed E-state index contributed by atoms with van der Waals surface area (Å²) in [6.45, 7) is 0.444. The molecule has 98 valence electrons. The van der Waals surface area contributed by atoms with E-state index in [0.29, 0.717) is 13.0 Å². The average molecular weight is 255 g/mol. The number of carbonyl (C=O) groups is 1. The van der Waals surface area contributed by atoms with Gasteiger partial charge < -0.3 is 4.79 Å². The van der Waals surface area contributed by atoms with Crippen LogP contribution in [0, 0.1) is 0 Å². The Hall–Kier alpha value is -1.97. The third-order valence-corrected chi connectivity index (χ3v) is 2.78. The summed E-state index contributed by atoms with van der Waals surface area (Å²) in [5.74, 6) is 0.